The van der Waals surface area contributed by atoms with Crippen LogP contribution in [0.3, 0.4) is 0 Å². The predicted molar refractivity (Wildman–Crippen MR) is 137 cm³/mol. The summed E-state index contributed by atoms with van der Waals surface area (Å²) in [5.74, 6) is 1.17. The first-order valence-electron chi connectivity index (χ1n) is 11.5. The van der Waals surface area contributed by atoms with Gasteiger partial charge in [-0.1, -0.05) is 36.4 Å². The molecule has 0 radical (unpaired) electrons. The number of benzene rings is 3. The van der Waals surface area contributed by atoms with Gasteiger partial charge in [0.15, 0.2) is 11.5 Å². The molecule has 0 saturated heterocycles. The maximum absolute atomic E-state index is 12.8. The average molecular weight is 495 g/mol. The minimum atomic E-state index is -3.51. The van der Waals surface area contributed by atoms with Gasteiger partial charge in [-0.05, 0) is 67.3 Å². The number of carbonyl (C=O) groups excluding carboxylic acids is 1. The topological polar surface area (TPSA) is 84.9 Å². The zero-order valence-corrected chi connectivity index (χ0v) is 21.2. The molecule has 0 bridgehead atoms. The van der Waals surface area contributed by atoms with Crippen LogP contribution in [0.25, 0.3) is 0 Å². The van der Waals surface area contributed by atoms with Gasteiger partial charge in [-0.3, -0.25) is 9.10 Å². The monoisotopic (exact) mass is 494 g/mol. The van der Waals surface area contributed by atoms with Crippen molar-refractivity contribution in [2.75, 3.05) is 23.8 Å². The van der Waals surface area contributed by atoms with Crippen LogP contribution in [0.4, 0.5) is 5.69 Å². The molecule has 0 aromatic heterocycles. The number of para-hydroxylation sites is 1. The van der Waals surface area contributed by atoms with Crippen LogP contribution in [0.2, 0.25) is 0 Å². The molecule has 8 heteroatoms. The van der Waals surface area contributed by atoms with Gasteiger partial charge in [-0.2, -0.15) is 0 Å². The fourth-order valence-corrected chi connectivity index (χ4v) is 5.18. The van der Waals surface area contributed by atoms with E-state index in [1.54, 1.807) is 24.3 Å². The highest BCUT2D eigenvalue weighted by molar-refractivity contribution is 7.92. The minimum Gasteiger partial charge on any atom is -0.486 e. The molecule has 1 aliphatic rings. The number of anilines is 1. The maximum Gasteiger partial charge on any atom is 0.251 e. The van der Waals surface area contributed by atoms with Gasteiger partial charge in [0.05, 0.1) is 24.5 Å². The summed E-state index contributed by atoms with van der Waals surface area (Å²) in [6.45, 7) is 6.92. The lowest BCUT2D eigenvalue weighted by Gasteiger charge is -2.26. The lowest BCUT2D eigenvalue weighted by Crippen LogP contribution is -2.30. The zero-order valence-electron chi connectivity index (χ0n) is 20.4. The SMILES string of the molecule is Cc1cccc(C)c1N(Cc1ccc(C(=O)NC(C)c2ccc3c(c2)OCCO3)cc1)S(C)(=O)=O. The molecule has 0 spiro atoms. The van der Waals surface area contributed by atoms with Crippen molar-refractivity contribution in [3.05, 3.63) is 88.5 Å². The molecule has 1 unspecified atom stereocenters. The first-order chi connectivity index (χ1) is 16.6. The van der Waals surface area contributed by atoms with Crippen molar-refractivity contribution in [2.24, 2.45) is 0 Å². The number of hydrogen-bond acceptors (Lipinski definition) is 5. The highest BCUT2D eigenvalue weighted by Gasteiger charge is 2.22. The molecule has 3 aromatic rings. The molecule has 0 saturated carbocycles. The van der Waals surface area contributed by atoms with Gasteiger partial charge in [0, 0.05) is 5.56 Å². The fraction of sp³-hybridized carbons (Fsp3) is 0.296. The molecule has 1 amide bonds. The van der Waals surface area contributed by atoms with Crippen molar-refractivity contribution >= 4 is 21.6 Å². The Bertz CT molecular complexity index is 1320. The third kappa shape index (κ3) is 5.59. The third-order valence-electron chi connectivity index (χ3n) is 6.05. The van der Waals surface area contributed by atoms with Crippen LogP contribution in [-0.4, -0.2) is 33.8 Å². The number of hydrogen-bond donors (Lipinski definition) is 1. The van der Waals surface area contributed by atoms with Gasteiger partial charge in [-0.25, -0.2) is 8.42 Å². The first kappa shape index (κ1) is 24.6. The molecular weight excluding hydrogens is 464 g/mol. The number of aryl methyl sites for hydroxylation is 2. The van der Waals surface area contributed by atoms with E-state index in [2.05, 4.69) is 5.32 Å². The Hall–Kier alpha value is -3.52. The van der Waals surface area contributed by atoms with Crippen LogP contribution < -0.4 is 19.1 Å². The second-order valence-electron chi connectivity index (χ2n) is 8.81. The van der Waals surface area contributed by atoms with Crippen molar-refractivity contribution in [1.29, 1.82) is 0 Å². The lowest BCUT2D eigenvalue weighted by molar-refractivity contribution is 0.0939. The van der Waals surface area contributed by atoms with Gasteiger partial charge in [-0.15, -0.1) is 0 Å². The highest BCUT2D eigenvalue weighted by atomic mass is 32.2. The molecule has 1 atom stereocenters. The Morgan fingerprint density at radius 3 is 2.23 bits per heavy atom. The Kier molecular flexibility index (Phi) is 7.03. The van der Waals surface area contributed by atoms with Crippen LogP contribution in [0.1, 0.15) is 45.6 Å². The second-order valence-corrected chi connectivity index (χ2v) is 10.7. The standard InChI is InChI=1S/C27H30N2O5S/c1-18-6-5-7-19(2)26(18)29(35(4,31)32)17-21-8-10-22(11-9-21)27(30)28-20(3)23-12-13-24-25(16-23)34-15-14-33-24/h5-13,16,20H,14-15,17H2,1-4H3,(H,28,30). The van der Waals surface area contributed by atoms with Crippen molar-refractivity contribution in [3.63, 3.8) is 0 Å². The summed E-state index contributed by atoms with van der Waals surface area (Å²) in [4.78, 5) is 12.8. The summed E-state index contributed by atoms with van der Waals surface area (Å²) in [7, 11) is -3.51. The Balaban J connectivity index is 1.47. The van der Waals surface area contributed by atoms with E-state index in [9.17, 15) is 13.2 Å². The van der Waals surface area contributed by atoms with Gasteiger partial charge in [0.1, 0.15) is 13.2 Å². The molecule has 1 heterocycles. The zero-order chi connectivity index (χ0) is 25.2. The number of nitrogens with zero attached hydrogens (tertiary/aromatic N) is 1. The molecule has 35 heavy (non-hydrogen) atoms. The third-order valence-corrected chi connectivity index (χ3v) is 7.16. The van der Waals surface area contributed by atoms with Crippen molar-refractivity contribution in [3.8, 4) is 11.5 Å². The Morgan fingerprint density at radius 2 is 1.60 bits per heavy atom. The van der Waals surface area contributed by atoms with Crippen molar-refractivity contribution in [2.45, 2.75) is 33.4 Å². The largest absolute Gasteiger partial charge is 0.486 e. The van der Waals surface area contributed by atoms with Crippen LogP contribution in [0, 0.1) is 13.8 Å². The van der Waals surface area contributed by atoms with Gasteiger partial charge < -0.3 is 14.8 Å². The van der Waals surface area contributed by atoms with Crippen LogP contribution >= 0.6 is 0 Å². The molecule has 0 fully saturated rings. The van der Waals surface area contributed by atoms with E-state index in [-0.39, 0.29) is 18.5 Å². The normalized spacial score (nSPS) is 13.7. The lowest BCUT2D eigenvalue weighted by atomic mass is 10.1. The van der Waals surface area contributed by atoms with Gasteiger partial charge in [0.25, 0.3) is 5.91 Å². The predicted octanol–water partition coefficient (Wildman–Crippen LogP) is 4.53. The van der Waals surface area contributed by atoms with Crippen LogP contribution in [0.5, 0.6) is 11.5 Å². The molecule has 3 aromatic carbocycles. The van der Waals surface area contributed by atoms with E-state index >= 15 is 0 Å². The molecule has 1 N–H and O–H groups in total. The molecular formula is C27H30N2O5S. The number of nitrogens with one attached hydrogen (secondary N) is 1. The molecule has 7 nitrogen and oxygen atoms in total. The van der Waals surface area contributed by atoms with Crippen molar-refractivity contribution in [1.82, 2.24) is 5.32 Å². The van der Waals surface area contributed by atoms with E-state index in [1.807, 2.05) is 57.2 Å². The number of rotatable bonds is 7. The first-order valence-corrected chi connectivity index (χ1v) is 13.3. The fourth-order valence-electron chi connectivity index (χ4n) is 4.18. The van der Waals surface area contributed by atoms with E-state index < -0.39 is 10.0 Å². The minimum absolute atomic E-state index is 0.181. The summed E-state index contributed by atoms with van der Waals surface area (Å²) in [5, 5.41) is 3.00. The molecule has 4 rings (SSSR count). The van der Waals surface area contributed by atoms with Crippen LogP contribution in [0.15, 0.2) is 60.7 Å². The van der Waals surface area contributed by atoms with Crippen LogP contribution in [-0.2, 0) is 16.6 Å². The smallest absolute Gasteiger partial charge is 0.251 e. The number of fused-ring (bicyclic) bond motifs is 1. The second kappa shape index (κ2) is 10.00. The van der Waals surface area contributed by atoms with E-state index in [1.165, 1.54) is 10.6 Å². The summed E-state index contributed by atoms with van der Waals surface area (Å²) in [6.07, 6.45) is 1.21. The summed E-state index contributed by atoms with van der Waals surface area (Å²) in [5.41, 5.74) is 4.66. The molecule has 184 valence electrons. The number of amides is 1. The number of carbonyl (C=O) groups is 1. The molecule has 1 aliphatic heterocycles. The van der Waals surface area contributed by atoms with E-state index in [0.29, 0.717) is 36.0 Å². The van der Waals surface area contributed by atoms with E-state index in [0.717, 1.165) is 22.3 Å². The Labute approximate surface area is 206 Å². The van der Waals surface area contributed by atoms with Crippen molar-refractivity contribution < 1.29 is 22.7 Å². The average Bonchev–Trinajstić information content (AvgIpc) is 2.82. The van der Waals surface area contributed by atoms with Gasteiger partial charge >= 0.3 is 0 Å². The number of ether oxygens (including phenoxy) is 2. The van der Waals surface area contributed by atoms with E-state index in [4.69, 9.17) is 9.47 Å². The molecule has 0 aliphatic carbocycles. The maximum atomic E-state index is 12.8. The summed E-state index contributed by atoms with van der Waals surface area (Å²) < 4.78 is 37.8. The quantitative estimate of drug-likeness (QED) is 0.522. The Morgan fingerprint density at radius 1 is 0.971 bits per heavy atom. The van der Waals surface area contributed by atoms with Gasteiger partial charge in [0.2, 0.25) is 10.0 Å². The highest BCUT2D eigenvalue weighted by Crippen LogP contribution is 2.33. The summed E-state index contributed by atoms with van der Waals surface area (Å²) in [6, 6.07) is 18.1. The summed E-state index contributed by atoms with van der Waals surface area (Å²) >= 11 is 0. The number of sulfonamides is 1.